The van der Waals surface area contributed by atoms with Gasteiger partial charge < -0.3 is 0 Å². The molecule has 0 atom stereocenters. The molecule has 1 aliphatic rings. The largest absolute Gasteiger partial charge is 0.435 e. The molecule has 1 aromatic heterocycles. The van der Waals surface area contributed by atoms with Gasteiger partial charge in [-0.25, -0.2) is 17.2 Å². The van der Waals surface area contributed by atoms with Crippen LogP contribution < -0.4 is 0 Å². The van der Waals surface area contributed by atoms with Crippen LogP contribution in [0.1, 0.15) is 63.6 Å². The maximum atomic E-state index is 14.2. The van der Waals surface area contributed by atoms with E-state index in [2.05, 4.69) is 9.98 Å². The Morgan fingerprint density at radius 2 is 1.69 bits per heavy atom. The van der Waals surface area contributed by atoms with E-state index in [-0.39, 0.29) is 34.4 Å². The summed E-state index contributed by atoms with van der Waals surface area (Å²) in [7, 11) is -3.78. The maximum absolute atomic E-state index is 14.2. The fourth-order valence-corrected chi connectivity index (χ4v) is 4.13. The van der Waals surface area contributed by atoms with Crippen molar-refractivity contribution in [2.24, 2.45) is 4.99 Å². The van der Waals surface area contributed by atoms with Gasteiger partial charge in [0, 0.05) is 24.0 Å². The molecule has 1 fully saturated rings. The zero-order valence-corrected chi connectivity index (χ0v) is 19.9. The highest BCUT2D eigenvalue weighted by molar-refractivity contribution is 7.91. The molecule has 4 nitrogen and oxygen atoms in total. The van der Waals surface area contributed by atoms with Crippen molar-refractivity contribution >= 4 is 15.5 Å². The smallest absolute Gasteiger partial charge is 0.259 e. The van der Waals surface area contributed by atoms with Gasteiger partial charge in [-0.3, -0.25) is 9.98 Å². The van der Waals surface area contributed by atoms with Crippen LogP contribution in [0.4, 0.5) is 35.1 Å². The van der Waals surface area contributed by atoms with Gasteiger partial charge >= 0.3 is 18.0 Å². The van der Waals surface area contributed by atoms with Crippen LogP contribution >= 0.6 is 0 Å². The van der Waals surface area contributed by atoms with Gasteiger partial charge in [0.25, 0.3) is 0 Å². The molecule has 0 saturated heterocycles. The highest BCUT2D eigenvalue weighted by atomic mass is 32.2. The predicted molar refractivity (Wildman–Crippen MR) is 114 cm³/mol. The molecule has 0 unspecified atom stereocenters. The number of nitrogens with zero attached hydrogens (tertiary/aromatic N) is 2. The fourth-order valence-electron chi connectivity index (χ4n) is 3.04. The highest BCUT2D eigenvalue weighted by Gasteiger charge is 2.71. The molecule has 13 heteroatoms. The Labute approximate surface area is 197 Å². The summed E-state index contributed by atoms with van der Waals surface area (Å²) in [5, 5.41) is 0. The van der Waals surface area contributed by atoms with Gasteiger partial charge in [-0.05, 0) is 43.7 Å². The Kier molecular flexibility index (Phi) is 8.56. The van der Waals surface area contributed by atoms with E-state index in [1.165, 1.54) is 19.2 Å². The second-order valence-corrected chi connectivity index (χ2v) is 10.4. The van der Waals surface area contributed by atoms with Gasteiger partial charge in [-0.2, -0.15) is 26.3 Å². The molecule has 196 valence electrons. The molecule has 0 radical (unpaired) electrons. The summed E-state index contributed by atoms with van der Waals surface area (Å²) in [6.45, 7) is 3.94. The van der Waals surface area contributed by atoms with E-state index in [0.717, 1.165) is 25.3 Å². The molecule has 0 spiro atoms. The molecular weight excluding hydrogens is 508 g/mol. The summed E-state index contributed by atoms with van der Waals surface area (Å²) < 4.78 is 130. The molecular formula is C22H24F8N2O2S. The Balaban J connectivity index is 2.58. The van der Waals surface area contributed by atoms with Gasteiger partial charge in [0.05, 0.1) is 16.4 Å². The molecule has 2 rings (SSSR count). The number of rotatable bonds is 9. The number of hydrogen-bond acceptors (Lipinski definition) is 4. The zero-order chi connectivity index (χ0) is 26.8. The quantitative estimate of drug-likeness (QED) is 0.197. The molecule has 0 aromatic carbocycles. The molecule has 35 heavy (non-hydrogen) atoms. The number of sulfone groups is 1. The van der Waals surface area contributed by atoms with E-state index in [0.29, 0.717) is 12.6 Å². The molecule has 1 saturated carbocycles. The fraction of sp³-hybridized carbons (Fsp3) is 0.545. The van der Waals surface area contributed by atoms with E-state index in [1.54, 1.807) is 6.92 Å². The standard InChI is InChI=1S/C22H24F8N2O2S/c1-4-6-17(19-18(35(33,34)5-2)9-15(12-32-19)14-7-8-14)31-11-13(3)16(23)10-20(24,21(25,26)27)22(28,29)30/h9-12,14H,4-8H2,1-3H3/b13-11+,16-10?,31-17+. The highest BCUT2D eigenvalue weighted by Crippen LogP contribution is 2.48. The minimum Gasteiger partial charge on any atom is -0.259 e. The third-order valence-corrected chi connectivity index (χ3v) is 7.08. The minimum atomic E-state index is -6.45. The second kappa shape index (κ2) is 10.4. The summed E-state index contributed by atoms with van der Waals surface area (Å²) in [4.78, 5) is 8.02. The summed E-state index contributed by atoms with van der Waals surface area (Å²) in [5.74, 6) is -2.20. The SMILES string of the molecule is CCC/C(=N\C=C(/C)C(F)=CC(F)(C(F)(F)F)C(F)(F)F)c1ncc(C2CC2)cc1S(=O)(=O)CC. The number of halogens is 8. The molecule has 0 N–H and O–H groups in total. The summed E-state index contributed by atoms with van der Waals surface area (Å²) >= 11 is 0. The van der Waals surface area contributed by atoms with Gasteiger partial charge in [0.1, 0.15) is 11.5 Å². The molecule has 0 amide bonds. The van der Waals surface area contributed by atoms with Gasteiger partial charge in [-0.15, -0.1) is 0 Å². The van der Waals surface area contributed by atoms with E-state index >= 15 is 0 Å². The van der Waals surface area contributed by atoms with Crippen molar-refractivity contribution < 1.29 is 43.5 Å². The van der Waals surface area contributed by atoms with Crippen LogP contribution in [-0.2, 0) is 9.84 Å². The van der Waals surface area contributed by atoms with Crippen molar-refractivity contribution in [2.45, 2.75) is 75.3 Å². The predicted octanol–water partition coefficient (Wildman–Crippen LogP) is 6.93. The minimum absolute atomic E-state index is 0.0344. The van der Waals surface area contributed by atoms with Crippen LogP contribution in [0.15, 0.2) is 45.8 Å². The van der Waals surface area contributed by atoms with Gasteiger partial charge in [0.2, 0.25) is 0 Å². The normalized spacial score (nSPS) is 17.2. The first-order valence-electron chi connectivity index (χ1n) is 10.7. The molecule has 1 aromatic rings. The van der Waals surface area contributed by atoms with Crippen LogP contribution in [0.2, 0.25) is 0 Å². The first-order chi connectivity index (χ1) is 16.0. The summed E-state index contributed by atoms with van der Waals surface area (Å²) in [6, 6.07) is 1.48. The second-order valence-electron chi connectivity index (χ2n) is 8.13. The number of aliphatic imine (C=N–C) groups is 1. The lowest BCUT2D eigenvalue weighted by molar-refractivity contribution is -0.322. The Bertz CT molecular complexity index is 1120. The van der Waals surface area contributed by atoms with Crippen molar-refractivity contribution in [1.82, 2.24) is 4.98 Å². The zero-order valence-electron chi connectivity index (χ0n) is 19.1. The summed E-state index contributed by atoms with van der Waals surface area (Å²) in [6.07, 6.45) is -9.70. The number of aromatic nitrogens is 1. The van der Waals surface area contributed by atoms with E-state index in [4.69, 9.17) is 0 Å². The van der Waals surface area contributed by atoms with Crippen LogP contribution in [0, 0.1) is 0 Å². The molecule has 0 aliphatic heterocycles. The average molecular weight is 532 g/mol. The molecule has 1 aliphatic carbocycles. The van der Waals surface area contributed by atoms with Crippen molar-refractivity contribution in [3.05, 3.63) is 47.2 Å². The van der Waals surface area contributed by atoms with Crippen LogP contribution in [0.5, 0.6) is 0 Å². The number of alkyl halides is 7. The van der Waals surface area contributed by atoms with Crippen molar-refractivity contribution in [1.29, 1.82) is 0 Å². The van der Waals surface area contributed by atoms with E-state index in [9.17, 15) is 43.5 Å². The van der Waals surface area contributed by atoms with Crippen molar-refractivity contribution in [3.63, 3.8) is 0 Å². The monoisotopic (exact) mass is 532 g/mol. The number of hydrogen-bond donors (Lipinski definition) is 0. The third-order valence-electron chi connectivity index (χ3n) is 5.34. The molecule has 0 bridgehead atoms. The lowest BCUT2D eigenvalue weighted by Crippen LogP contribution is -2.51. The Hall–Kier alpha value is -2.31. The topological polar surface area (TPSA) is 59.4 Å². The van der Waals surface area contributed by atoms with E-state index < -0.39 is 45.3 Å². The Morgan fingerprint density at radius 3 is 2.14 bits per heavy atom. The van der Waals surface area contributed by atoms with Crippen molar-refractivity contribution in [2.75, 3.05) is 5.75 Å². The first-order valence-corrected chi connectivity index (χ1v) is 12.3. The number of allylic oxidation sites excluding steroid dienone is 3. The van der Waals surface area contributed by atoms with Crippen LogP contribution in [0.3, 0.4) is 0 Å². The van der Waals surface area contributed by atoms with Gasteiger partial charge in [-0.1, -0.05) is 20.3 Å². The van der Waals surface area contributed by atoms with E-state index in [1.807, 2.05) is 0 Å². The summed E-state index contributed by atoms with van der Waals surface area (Å²) in [5.41, 5.74) is -6.03. The molecule has 1 heterocycles. The lowest BCUT2D eigenvalue weighted by atomic mass is 10.0. The number of pyridine rings is 1. The van der Waals surface area contributed by atoms with Crippen LogP contribution in [0.25, 0.3) is 0 Å². The Morgan fingerprint density at radius 1 is 1.11 bits per heavy atom. The maximum Gasteiger partial charge on any atom is 0.435 e. The van der Waals surface area contributed by atoms with Crippen LogP contribution in [-0.4, -0.2) is 42.9 Å². The first kappa shape index (κ1) is 28.9. The average Bonchev–Trinajstić information content (AvgIpc) is 3.59. The third kappa shape index (κ3) is 6.47. The van der Waals surface area contributed by atoms with Crippen molar-refractivity contribution in [3.8, 4) is 0 Å². The van der Waals surface area contributed by atoms with Gasteiger partial charge in [0.15, 0.2) is 9.84 Å². The lowest BCUT2D eigenvalue weighted by Gasteiger charge is -2.27.